The van der Waals surface area contributed by atoms with Crippen molar-refractivity contribution in [3.63, 3.8) is 0 Å². The summed E-state index contributed by atoms with van der Waals surface area (Å²) in [7, 11) is 6.79. The lowest BCUT2D eigenvalue weighted by Crippen LogP contribution is -2.82. The maximum absolute atomic E-state index is 12.4. The fourth-order valence-electron chi connectivity index (χ4n) is 11.2. The summed E-state index contributed by atoms with van der Waals surface area (Å²) < 4.78 is 46.6. The number of nitrogens with zero attached hydrogens (tertiary/aromatic N) is 1. The molecule has 13 N–H and O–H groups in total. The number of hydrogen-bond acceptors (Lipinski definition) is 20. The van der Waals surface area contributed by atoms with E-state index in [0.29, 0.717) is 13.1 Å². The molecule has 2 saturated carbocycles. The van der Waals surface area contributed by atoms with Gasteiger partial charge in [-0.25, -0.2) is 0 Å². The summed E-state index contributed by atoms with van der Waals surface area (Å²) in [6, 6.07) is 10.2. The molecular weight excluding hydrogens is 863 g/mol. The Bertz CT molecular complexity index is 1910. The summed E-state index contributed by atoms with van der Waals surface area (Å²) >= 11 is 0. The molecule has 6 fully saturated rings. The van der Waals surface area contributed by atoms with Gasteiger partial charge in [-0.1, -0.05) is 37.3 Å². The van der Waals surface area contributed by atoms with Crippen molar-refractivity contribution in [2.45, 2.75) is 167 Å². The van der Waals surface area contributed by atoms with Gasteiger partial charge >= 0.3 is 0 Å². The first-order chi connectivity index (χ1) is 31.4. The van der Waals surface area contributed by atoms with Gasteiger partial charge in [0, 0.05) is 58.0 Å². The number of rotatable bonds is 16. The van der Waals surface area contributed by atoms with Crippen LogP contribution in [0.15, 0.2) is 48.7 Å². The summed E-state index contributed by atoms with van der Waals surface area (Å²) in [5.74, 6) is -4.71. The lowest BCUT2D eigenvalue weighted by atomic mass is 9.77. The first-order valence-electron chi connectivity index (χ1n) is 23.3. The largest absolute Gasteiger partial charge is 0.390 e. The number of nitrogens with one attached hydrogen (secondary N) is 6. The maximum atomic E-state index is 12.4. The molecule has 7 unspecified atom stereocenters. The van der Waals surface area contributed by atoms with Crippen LogP contribution in [0.25, 0.3) is 0 Å². The Hall–Kier alpha value is -2.30. The molecule has 0 spiro atoms. The smallest absolute Gasteiger partial charge is 0.249 e. The van der Waals surface area contributed by atoms with Crippen molar-refractivity contribution in [1.82, 2.24) is 36.5 Å². The van der Waals surface area contributed by atoms with E-state index in [1.807, 2.05) is 60.3 Å². The van der Waals surface area contributed by atoms with Gasteiger partial charge in [0.2, 0.25) is 24.2 Å². The van der Waals surface area contributed by atoms with E-state index in [1.165, 1.54) is 0 Å². The van der Waals surface area contributed by atoms with E-state index in [2.05, 4.69) is 38.8 Å². The van der Waals surface area contributed by atoms with Crippen molar-refractivity contribution in [3.8, 4) is 0 Å². The first-order valence-corrected chi connectivity index (χ1v) is 23.3. The van der Waals surface area contributed by atoms with Crippen molar-refractivity contribution in [3.05, 3.63) is 59.9 Å². The summed E-state index contributed by atoms with van der Waals surface area (Å²) in [6.45, 7) is 5.99. The van der Waals surface area contributed by atoms with Gasteiger partial charge in [0.05, 0.1) is 55.3 Å². The average molecular weight is 936 g/mol. The molecule has 0 bridgehead atoms. The minimum Gasteiger partial charge on any atom is -0.390 e. The van der Waals surface area contributed by atoms with Crippen LogP contribution in [-0.2, 0) is 46.8 Å². The molecule has 1 aromatic heterocycles. The third-order valence-corrected chi connectivity index (χ3v) is 14.9. The van der Waals surface area contributed by atoms with Gasteiger partial charge in [-0.05, 0) is 58.6 Å². The van der Waals surface area contributed by atoms with Crippen molar-refractivity contribution in [1.29, 1.82) is 0 Å². The van der Waals surface area contributed by atoms with Crippen molar-refractivity contribution in [2.24, 2.45) is 7.05 Å². The van der Waals surface area contributed by atoms with E-state index in [4.69, 9.17) is 33.2 Å². The molecule has 4 saturated heterocycles. The lowest BCUT2D eigenvalue weighted by Gasteiger charge is -2.61. The predicted octanol–water partition coefficient (Wildman–Crippen LogP) is -3.64. The number of aliphatic hydroxyl groups is 7. The fourth-order valence-corrected chi connectivity index (χ4v) is 11.2. The van der Waals surface area contributed by atoms with Gasteiger partial charge in [-0.3, -0.25) is 5.32 Å². The Kier molecular flexibility index (Phi) is 15.1. The number of ether oxygens (including phenoxy) is 7. The van der Waals surface area contributed by atoms with Gasteiger partial charge in [0.1, 0.15) is 47.8 Å². The van der Waals surface area contributed by atoms with E-state index in [1.54, 1.807) is 35.0 Å². The van der Waals surface area contributed by atoms with E-state index in [9.17, 15) is 35.7 Å². The molecule has 21 nitrogen and oxygen atoms in total. The second-order valence-electron chi connectivity index (χ2n) is 19.4. The molecule has 6 aliphatic rings. The zero-order valence-electron chi connectivity index (χ0n) is 38.8. The molecule has 0 amide bonds. The summed E-state index contributed by atoms with van der Waals surface area (Å²) in [4.78, 5) is 0. The number of hydrogen-bond donors (Lipinski definition) is 13. The number of benzene rings is 1. The number of fused-ring (bicyclic) bond motifs is 4. The summed E-state index contributed by atoms with van der Waals surface area (Å²) in [6.07, 6.45) is -11.5. The Balaban J connectivity index is 1.00. The molecule has 8 rings (SSSR count). The molecule has 66 heavy (non-hydrogen) atoms. The van der Waals surface area contributed by atoms with Gasteiger partial charge in [0.15, 0.2) is 0 Å². The van der Waals surface area contributed by atoms with Crippen LogP contribution in [0.2, 0.25) is 0 Å². The molecule has 2 aromatic rings. The predicted molar refractivity (Wildman–Crippen MR) is 235 cm³/mol. The van der Waals surface area contributed by atoms with E-state index < -0.39 is 121 Å². The molecule has 5 heterocycles. The fraction of sp³-hybridized carbons (Fsp3) is 0.778. The Morgan fingerprint density at radius 2 is 1.24 bits per heavy atom. The van der Waals surface area contributed by atoms with Gasteiger partial charge in [-0.15, -0.1) is 0 Å². The van der Waals surface area contributed by atoms with Crippen LogP contribution in [-0.4, -0.2) is 208 Å². The van der Waals surface area contributed by atoms with Crippen LogP contribution in [0, 0.1) is 0 Å². The van der Waals surface area contributed by atoms with Crippen LogP contribution in [0.1, 0.15) is 50.8 Å². The quantitative estimate of drug-likeness (QED) is 0.0724. The first kappa shape index (κ1) is 50.1. The molecule has 1 aromatic carbocycles. The zero-order valence-corrected chi connectivity index (χ0v) is 38.8. The average Bonchev–Trinajstić information content (AvgIpc) is 3.69. The molecule has 4 aliphatic heterocycles. The summed E-state index contributed by atoms with van der Waals surface area (Å²) in [5.41, 5.74) is -1.76. The third kappa shape index (κ3) is 8.91. The second-order valence-corrected chi connectivity index (χ2v) is 19.4. The minimum absolute atomic E-state index is 0.0196. The molecule has 0 radical (unpaired) electrons. The topological polar surface area (TPSA) is 283 Å². The highest BCUT2D eigenvalue weighted by molar-refractivity contribution is 5.20. The highest BCUT2D eigenvalue weighted by Gasteiger charge is 2.70. The Labute approximate surface area is 385 Å². The van der Waals surface area contributed by atoms with E-state index >= 15 is 0 Å². The Morgan fingerprint density at radius 1 is 0.682 bits per heavy atom. The van der Waals surface area contributed by atoms with E-state index in [0.717, 1.165) is 11.3 Å². The highest BCUT2D eigenvalue weighted by atomic mass is 16.8. The van der Waals surface area contributed by atoms with Gasteiger partial charge in [-0.2, -0.15) is 0 Å². The normalized spacial score (nSPS) is 46.2. The second kappa shape index (κ2) is 19.8. The Morgan fingerprint density at radius 3 is 1.82 bits per heavy atom. The number of aromatic nitrogens is 1. The standard InChI is InChI=1S/C45H73N7O14/c1-23(26-12-9-8-10-13-26)18-49-20-42(56)16-25(3)62-41-45(42,59)65-36-30(48-6)33(54)29(47-5)35(39(36)64-41)60-22-51-31-32(53)28(46-4)34(55)38-37(31)66-44(58)40(63-38)61-24(2)17-43(44,57)21-50-19-27-14-11-15-52(27)7/h8-15,23-25,28-41,46-51,53-59H,16-22H2,1-7H3/t23?,24-,25-,28-,29-,30+,31+,32+,33+,34+,35+,36?,37?,38?,39?,40?,41?,42-,43-,44-,45-/m1/s1. The molecule has 372 valence electrons. The monoisotopic (exact) mass is 936 g/mol. The number of aryl methyl sites for hydroxylation is 1. The van der Waals surface area contributed by atoms with Crippen molar-refractivity contribution >= 4 is 0 Å². The van der Waals surface area contributed by atoms with Crippen LogP contribution >= 0.6 is 0 Å². The number of aliphatic hydroxyl groups excluding tert-OH is 3. The zero-order chi connectivity index (χ0) is 47.3. The van der Waals surface area contributed by atoms with Crippen molar-refractivity contribution < 1.29 is 68.9 Å². The molecule has 21 heteroatoms. The lowest BCUT2D eigenvalue weighted by molar-refractivity contribution is -0.483. The maximum Gasteiger partial charge on any atom is 0.249 e. The highest BCUT2D eigenvalue weighted by Crippen LogP contribution is 2.48. The van der Waals surface area contributed by atoms with Crippen LogP contribution in [0.5, 0.6) is 0 Å². The molecule has 21 atom stereocenters. The van der Waals surface area contributed by atoms with Gasteiger partial charge < -0.3 is 100 Å². The van der Waals surface area contributed by atoms with Crippen LogP contribution in [0.4, 0.5) is 0 Å². The SMILES string of the molecule is CN[C@@H]1[C@H](O)[C@H](NCO[C@@H]2C3OC4O[C@H](C)C[C@@](O)(CNCC(C)c5ccccc5)[C@]4(O)OC3[C@@H](NC)[C@@H](O)[C@H]2NC)C2O[C@]3(O)C(OC2[C@H]1O)O[C@H](C)C[C@@]3(O)CNCc1cccn1C. The van der Waals surface area contributed by atoms with Crippen LogP contribution < -0.4 is 31.9 Å². The molecule has 2 aliphatic carbocycles. The van der Waals surface area contributed by atoms with Crippen LogP contribution in [0.3, 0.4) is 0 Å². The number of likely N-dealkylation sites (N-methyl/N-ethyl adjacent to an activating group) is 3. The van der Waals surface area contributed by atoms with Gasteiger partial charge in [0.25, 0.3) is 0 Å². The summed E-state index contributed by atoms with van der Waals surface area (Å²) in [5, 5.41) is 104. The van der Waals surface area contributed by atoms with Crippen molar-refractivity contribution in [2.75, 3.05) is 47.5 Å². The minimum atomic E-state index is -2.45. The third-order valence-electron chi connectivity index (χ3n) is 14.9. The van der Waals surface area contributed by atoms with E-state index in [-0.39, 0.29) is 38.6 Å². The molecular formula is C45H73N7O14.